The van der Waals surface area contributed by atoms with Crippen molar-refractivity contribution in [3.05, 3.63) is 50.9 Å². The summed E-state index contributed by atoms with van der Waals surface area (Å²) in [6, 6.07) is 5.55. The second-order valence-electron chi connectivity index (χ2n) is 7.38. The fraction of sp³-hybridized carbons (Fsp3) is 0.409. The molecule has 1 aliphatic heterocycles. The molecule has 152 valence electrons. The van der Waals surface area contributed by atoms with Crippen LogP contribution in [0.25, 0.3) is 0 Å². The van der Waals surface area contributed by atoms with Crippen LogP contribution in [0.1, 0.15) is 62.0 Å². The second-order valence-corrected chi connectivity index (χ2v) is 8.49. The minimum absolute atomic E-state index is 0.271. The Morgan fingerprint density at radius 2 is 2.07 bits per heavy atom. The third-order valence-electron chi connectivity index (χ3n) is 5.32. The number of esters is 2. The average molecular weight is 413 g/mol. The molecule has 1 atom stereocenters. The molecule has 1 N–H and O–H groups in total. The molecule has 0 spiro atoms. The van der Waals surface area contributed by atoms with Crippen molar-refractivity contribution in [2.75, 3.05) is 11.9 Å². The van der Waals surface area contributed by atoms with Crippen molar-refractivity contribution in [1.82, 2.24) is 0 Å². The lowest BCUT2D eigenvalue weighted by atomic mass is 9.95. The Labute approximate surface area is 173 Å². The van der Waals surface area contributed by atoms with E-state index in [0.29, 0.717) is 22.5 Å². The predicted molar refractivity (Wildman–Crippen MR) is 110 cm³/mol. The Morgan fingerprint density at radius 3 is 2.86 bits per heavy atom. The number of fused-ring (bicyclic) bond motifs is 2. The van der Waals surface area contributed by atoms with E-state index in [0.717, 1.165) is 47.3 Å². The van der Waals surface area contributed by atoms with Crippen molar-refractivity contribution in [2.45, 2.75) is 52.1 Å². The molecule has 4 rings (SSSR count). The molecule has 0 saturated carbocycles. The summed E-state index contributed by atoms with van der Waals surface area (Å²) >= 11 is 1.42. The van der Waals surface area contributed by atoms with Gasteiger partial charge in [-0.05, 0) is 56.7 Å². The lowest BCUT2D eigenvalue weighted by Gasteiger charge is -2.24. The van der Waals surface area contributed by atoms with E-state index in [1.165, 1.54) is 11.3 Å². The summed E-state index contributed by atoms with van der Waals surface area (Å²) in [5.74, 6) is -1.33. The lowest BCUT2D eigenvalue weighted by Crippen LogP contribution is -2.38. The van der Waals surface area contributed by atoms with Crippen LogP contribution < -0.4 is 5.32 Å². The fourth-order valence-corrected chi connectivity index (χ4v) is 5.18. The van der Waals surface area contributed by atoms with Crippen LogP contribution in [-0.2, 0) is 33.5 Å². The van der Waals surface area contributed by atoms with E-state index in [4.69, 9.17) is 9.47 Å². The third kappa shape index (κ3) is 3.79. The van der Waals surface area contributed by atoms with Crippen LogP contribution in [0.2, 0.25) is 0 Å². The van der Waals surface area contributed by atoms with Crippen LogP contribution in [0.5, 0.6) is 0 Å². The van der Waals surface area contributed by atoms with E-state index in [2.05, 4.69) is 5.32 Å². The molecule has 0 saturated heterocycles. The second kappa shape index (κ2) is 7.99. The monoisotopic (exact) mass is 413 g/mol. The minimum Gasteiger partial charge on any atom is -0.462 e. The molecule has 0 unspecified atom stereocenters. The van der Waals surface area contributed by atoms with Gasteiger partial charge >= 0.3 is 11.9 Å². The number of hydrogen-bond acceptors (Lipinski definition) is 6. The summed E-state index contributed by atoms with van der Waals surface area (Å²) in [6.07, 6.45) is 3.17. The first kappa shape index (κ1) is 19.6. The van der Waals surface area contributed by atoms with Crippen LogP contribution >= 0.6 is 11.3 Å². The molecule has 2 aliphatic rings. The standard InChI is InChI=1S/C22H23NO5S/c1-3-27-22(26)18-14-6-4-5-7-17(14)29-20(18)23-19(24)16-11-13-9-8-12(2)10-15(13)21(25)28-16/h8-10,16H,3-7,11H2,1-2H3,(H,23,24)/t16-/m1/s1. The molecule has 2 aromatic rings. The maximum absolute atomic E-state index is 12.9. The van der Waals surface area contributed by atoms with Crippen molar-refractivity contribution in [2.24, 2.45) is 0 Å². The number of carbonyl (C=O) groups excluding carboxylic acids is 3. The number of carbonyl (C=O) groups is 3. The maximum atomic E-state index is 12.9. The van der Waals surface area contributed by atoms with Crippen LogP contribution in [0.4, 0.5) is 5.00 Å². The highest BCUT2D eigenvalue weighted by Crippen LogP contribution is 2.39. The number of cyclic esters (lactones) is 1. The summed E-state index contributed by atoms with van der Waals surface area (Å²) in [6.45, 7) is 3.94. The van der Waals surface area contributed by atoms with Gasteiger partial charge in [0.05, 0.1) is 17.7 Å². The Balaban J connectivity index is 1.59. The molecule has 29 heavy (non-hydrogen) atoms. The van der Waals surface area contributed by atoms with Gasteiger partial charge in [0, 0.05) is 11.3 Å². The Morgan fingerprint density at radius 1 is 1.28 bits per heavy atom. The Kier molecular flexibility index (Phi) is 5.41. The summed E-state index contributed by atoms with van der Waals surface area (Å²) in [5.41, 5.74) is 3.71. The number of hydrogen-bond donors (Lipinski definition) is 1. The van der Waals surface area contributed by atoms with Crippen molar-refractivity contribution < 1.29 is 23.9 Å². The number of nitrogens with one attached hydrogen (secondary N) is 1. The summed E-state index contributed by atoms with van der Waals surface area (Å²) in [7, 11) is 0. The zero-order chi connectivity index (χ0) is 20.5. The molecule has 0 radical (unpaired) electrons. The minimum atomic E-state index is -0.924. The Hall–Kier alpha value is -2.67. The number of rotatable bonds is 4. The summed E-state index contributed by atoms with van der Waals surface area (Å²) in [5, 5.41) is 3.33. The third-order valence-corrected chi connectivity index (χ3v) is 6.53. The van der Waals surface area contributed by atoms with Gasteiger partial charge in [0.2, 0.25) is 0 Å². The van der Waals surface area contributed by atoms with Gasteiger partial charge < -0.3 is 14.8 Å². The molecule has 2 heterocycles. The summed E-state index contributed by atoms with van der Waals surface area (Å²) < 4.78 is 10.6. The number of benzene rings is 1. The van der Waals surface area contributed by atoms with E-state index in [9.17, 15) is 14.4 Å². The quantitative estimate of drug-likeness (QED) is 0.771. The van der Waals surface area contributed by atoms with Crippen LogP contribution in [0, 0.1) is 6.92 Å². The van der Waals surface area contributed by atoms with Crippen LogP contribution in [0.3, 0.4) is 0 Å². The summed E-state index contributed by atoms with van der Waals surface area (Å²) in [4.78, 5) is 38.9. The molecule has 1 aromatic heterocycles. The van der Waals surface area contributed by atoms with Gasteiger partial charge in [0.25, 0.3) is 5.91 Å². The molecular formula is C22H23NO5S. The highest BCUT2D eigenvalue weighted by molar-refractivity contribution is 7.17. The van der Waals surface area contributed by atoms with E-state index in [-0.39, 0.29) is 6.61 Å². The number of amides is 1. The fourth-order valence-electron chi connectivity index (χ4n) is 3.90. The van der Waals surface area contributed by atoms with Gasteiger partial charge in [-0.3, -0.25) is 4.79 Å². The van der Waals surface area contributed by atoms with Gasteiger partial charge in [-0.25, -0.2) is 9.59 Å². The zero-order valence-electron chi connectivity index (χ0n) is 16.5. The molecule has 7 heteroatoms. The molecule has 0 bridgehead atoms. The average Bonchev–Trinajstić information content (AvgIpc) is 3.06. The smallest absolute Gasteiger partial charge is 0.341 e. The maximum Gasteiger partial charge on any atom is 0.341 e. The van der Waals surface area contributed by atoms with Gasteiger partial charge in [-0.2, -0.15) is 0 Å². The van der Waals surface area contributed by atoms with Crippen LogP contribution in [-0.4, -0.2) is 30.6 Å². The zero-order valence-corrected chi connectivity index (χ0v) is 17.3. The number of aryl methyl sites for hydroxylation is 2. The highest BCUT2D eigenvalue weighted by Gasteiger charge is 2.33. The van der Waals surface area contributed by atoms with Crippen molar-refractivity contribution in [3.63, 3.8) is 0 Å². The van der Waals surface area contributed by atoms with Crippen molar-refractivity contribution in [1.29, 1.82) is 0 Å². The van der Waals surface area contributed by atoms with Gasteiger partial charge in [0.15, 0.2) is 6.10 Å². The highest BCUT2D eigenvalue weighted by atomic mass is 32.1. The number of ether oxygens (including phenoxy) is 2. The molecule has 6 nitrogen and oxygen atoms in total. The SMILES string of the molecule is CCOC(=O)c1c(NC(=O)[C@H]2Cc3ccc(C)cc3C(=O)O2)sc2c1CCCC2. The first-order chi connectivity index (χ1) is 14.0. The van der Waals surface area contributed by atoms with E-state index in [1.807, 2.05) is 19.1 Å². The van der Waals surface area contributed by atoms with Crippen molar-refractivity contribution in [3.8, 4) is 0 Å². The predicted octanol–water partition coefficient (Wildman–Crippen LogP) is 3.83. The number of anilines is 1. The first-order valence-corrected chi connectivity index (χ1v) is 10.7. The van der Waals surface area contributed by atoms with E-state index in [1.54, 1.807) is 13.0 Å². The normalized spacial score (nSPS) is 17.7. The van der Waals surface area contributed by atoms with Crippen LogP contribution in [0.15, 0.2) is 18.2 Å². The number of thiophene rings is 1. The van der Waals surface area contributed by atoms with E-state index < -0.39 is 23.9 Å². The lowest BCUT2D eigenvalue weighted by molar-refractivity contribution is -0.125. The van der Waals surface area contributed by atoms with Gasteiger partial charge in [0.1, 0.15) is 5.00 Å². The molecule has 0 fully saturated rings. The Bertz CT molecular complexity index is 993. The van der Waals surface area contributed by atoms with Gasteiger partial charge in [-0.15, -0.1) is 11.3 Å². The molecule has 1 amide bonds. The van der Waals surface area contributed by atoms with E-state index >= 15 is 0 Å². The molecular weight excluding hydrogens is 390 g/mol. The molecule has 1 aliphatic carbocycles. The molecule has 1 aromatic carbocycles. The van der Waals surface area contributed by atoms with Crippen molar-refractivity contribution >= 4 is 34.2 Å². The first-order valence-electron chi connectivity index (χ1n) is 9.91. The van der Waals surface area contributed by atoms with Gasteiger partial charge in [-0.1, -0.05) is 17.7 Å². The largest absolute Gasteiger partial charge is 0.462 e. The topological polar surface area (TPSA) is 81.7 Å².